The number of rotatable bonds is 2. The molecule has 0 spiro atoms. The highest BCUT2D eigenvalue weighted by Crippen LogP contribution is 2.49. The second-order valence-corrected chi connectivity index (χ2v) is 8.52. The predicted molar refractivity (Wildman–Crippen MR) is 117 cm³/mol. The number of piperidine rings is 1. The summed E-state index contributed by atoms with van der Waals surface area (Å²) in [5.74, 6) is 1.99. The van der Waals surface area contributed by atoms with Crippen molar-refractivity contribution in [3.63, 3.8) is 0 Å². The lowest BCUT2D eigenvalue weighted by atomic mass is 9.84. The Morgan fingerprint density at radius 1 is 0.690 bits per heavy atom. The van der Waals surface area contributed by atoms with Crippen molar-refractivity contribution in [2.45, 2.75) is 44.3 Å². The number of benzene rings is 3. The molecule has 29 heavy (non-hydrogen) atoms. The van der Waals surface area contributed by atoms with Crippen molar-refractivity contribution < 1.29 is 4.74 Å². The molecule has 0 N–H and O–H groups in total. The van der Waals surface area contributed by atoms with Gasteiger partial charge in [0, 0.05) is 29.8 Å². The van der Waals surface area contributed by atoms with E-state index in [-0.39, 0.29) is 0 Å². The summed E-state index contributed by atoms with van der Waals surface area (Å²) in [6.45, 7) is 1.08. The Morgan fingerprint density at radius 2 is 1.24 bits per heavy atom. The van der Waals surface area contributed by atoms with Crippen LogP contribution in [0.5, 0.6) is 11.5 Å². The molecule has 0 amide bonds. The molecule has 2 fully saturated rings. The van der Waals surface area contributed by atoms with Crippen LogP contribution in [0.15, 0.2) is 84.4 Å². The van der Waals surface area contributed by atoms with Crippen molar-refractivity contribution in [3.8, 4) is 11.5 Å². The highest BCUT2D eigenvalue weighted by Gasteiger charge is 2.40. The average molecular weight is 380 g/mol. The van der Waals surface area contributed by atoms with E-state index < -0.39 is 0 Å². The molecule has 144 valence electrons. The molecule has 3 aliphatic heterocycles. The zero-order valence-electron chi connectivity index (χ0n) is 16.6. The molecule has 3 aromatic rings. The van der Waals surface area contributed by atoms with Gasteiger partial charge >= 0.3 is 0 Å². The number of fused-ring (bicyclic) bond motifs is 4. The van der Waals surface area contributed by atoms with Crippen molar-refractivity contribution in [2.75, 3.05) is 0 Å². The number of para-hydroxylation sites is 2. The minimum absolute atomic E-state index is 0.652. The van der Waals surface area contributed by atoms with Gasteiger partial charge in [-0.2, -0.15) is 0 Å². The maximum Gasteiger partial charge on any atom is 0.135 e. The Hall–Kier alpha value is -2.84. The lowest BCUT2D eigenvalue weighted by molar-refractivity contribution is 0.157. The van der Waals surface area contributed by atoms with E-state index in [4.69, 9.17) is 4.74 Å². The first-order chi connectivity index (χ1) is 14.4. The van der Waals surface area contributed by atoms with Crippen LogP contribution in [0, 0.1) is 0 Å². The van der Waals surface area contributed by atoms with Gasteiger partial charge < -0.3 is 4.74 Å². The van der Waals surface area contributed by atoms with Gasteiger partial charge in [0.05, 0.1) is 0 Å². The number of hydrogen-bond donors (Lipinski definition) is 0. The summed E-state index contributed by atoms with van der Waals surface area (Å²) in [7, 11) is 0. The average Bonchev–Trinajstić information content (AvgIpc) is 2.99. The van der Waals surface area contributed by atoms with Crippen molar-refractivity contribution in [2.24, 2.45) is 0 Å². The van der Waals surface area contributed by atoms with Crippen LogP contribution in [0.2, 0.25) is 0 Å². The third kappa shape index (κ3) is 2.90. The maximum atomic E-state index is 6.22. The smallest absolute Gasteiger partial charge is 0.135 e. The van der Waals surface area contributed by atoms with E-state index in [0.717, 1.165) is 18.0 Å². The fourth-order valence-corrected chi connectivity index (χ4v) is 5.53. The standard InChI is InChI=1S/C27H25NO/c1-2-8-19(9-3-1)18-28-21-14-15-22(28)17-20(16-21)27-23-10-4-6-12-25(23)29-26-13-7-5-11-24(26)27/h1-13,21-22H,14-18H2. The first-order valence-electron chi connectivity index (χ1n) is 10.7. The lowest BCUT2D eigenvalue weighted by Crippen LogP contribution is -2.40. The van der Waals surface area contributed by atoms with Gasteiger partial charge in [-0.15, -0.1) is 0 Å². The number of nitrogens with zero attached hydrogens (tertiary/aromatic N) is 1. The SMILES string of the molecule is c1ccc(CN2C3CCC2CC(=C2c4ccccc4Oc4ccccc42)C3)cc1. The van der Waals surface area contributed by atoms with E-state index in [9.17, 15) is 0 Å². The zero-order chi connectivity index (χ0) is 19.2. The summed E-state index contributed by atoms with van der Waals surface area (Å²) < 4.78 is 6.22. The largest absolute Gasteiger partial charge is 0.456 e. The van der Waals surface area contributed by atoms with Crippen LogP contribution >= 0.6 is 0 Å². The van der Waals surface area contributed by atoms with E-state index in [2.05, 4.69) is 83.8 Å². The topological polar surface area (TPSA) is 12.5 Å². The van der Waals surface area contributed by atoms with Crippen molar-refractivity contribution in [1.82, 2.24) is 4.90 Å². The van der Waals surface area contributed by atoms with E-state index in [1.807, 2.05) is 0 Å². The summed E-state index contributed by atoms with van der Waals surface area (Å²) in [6, 6.07) is 29.3. The maximum absolute atomic E-state index is 6.22. The molecule has 6 rings (SSSR count). The fourth-order valence-electron chi connectivity index (χ4n) is 5.53. The van der Waals surface area contributed by atoms with Crippen LogP contribution in [0.4, 0.5) is 0 Å². The van der Waals surface area contributed by atoms with Crippen LogP contribution in [0.1, 0.15) is 42.4 Å². The number of ether oxygens (including phenoxy) is 1. The molecule has 0 saturated carbocycles. The highest BCUT2D eigenvalue weighted by atomic mass is 16.5. The predicted octanol–water partition coefficient (Wildman–Crippen LogP) is 6.42. The molecule has 2 nitrogen and oxygen atoms in total. The molecule has 2 heteroatoms. The molecule has 3 aromatic carbocycles. The summed E-state index contributed by atoms with van der Waals surface area (Å²) in [5.41, 5.74) is 7.00. The van der Waals surface area contributed by atoms with Crippen molar-refractivity contribution >= 4 is 5.57 Å². The van der Waals surface area contributed by atoms with Gasteiger partial charge in [-0.3, -0.25) is 4.90 Å². The molecule has 2 atom stereocenters. The summed E-state index contributed by atoms with van der Waals surface area (Å²) in [4.78, 5) is 2.76. The third-order valence-electron chi connectivity index (χ3n) is 6.83. The Bertz CT molecular complexity index is 1020. The molecule has 2 bridgehead atoms. The zero-order valence-corrected chi connectivity index (χ0v) is 16.6. The second-order valence-electron chi connectivity index (χ2n) is 8.52. The first-order valence-corrected chi connectivity index (χ1v) is 10.7. The Balaban J connectivity index is 1.40. The van der Waals surface area contributed by atoms with Gasteiger partial charge in [-0.05, 0) is 49.0 Å². The molecule has 0 aromatic heterocycles. The van der Waals surface area contributed by atoms with Gasteiger partial charge in [-0.25, -0.2) is 0 Å². The minimum Gasteiger partial charge on any atom is -0.456 e. The molecule has 3 aliphatic rings. The van der Waals surface area contributed by atoms with Crippen molar-refractivity contribution in [1.29, 1.82) is 0 Å². The Morgan fingerprint density at radius 3 is 1.86 bits per heavy atom. The quantitative estimate of drug-likeness (QED) is 0.398. The van der Waals surface area contributed by atoms with Crippen LogP contribution in [-0.4, -0.2) is 17.0 Å². The lowest BCUT2D eigenvalue weighted by Gasteiger charge is -2.38. The Labute approximate surface area is 172 Å². The van der Waals surface area contributed by atoms with Gasteiger partial charge in [0.1, 0.15) is 11.5 Å². The molecule has 3 heterocycles. The molecular weight excluding hydrogens is 354 g/mol. The van der Waals surface area contributed by atoms with Crippen LogP contribution in [-0.2, 0) is 6.54 Å². The second kappa shape index (κ2) is 6.89. The molecular formula is C27H25NO. The molecule has 2 unspecified atom stereocenters. The van der Waals surface area contributed by atoms with Crippen LogP contribution in [0.3, 0.4) is 0 Å². The molecule has 2 saturated heterocycles. The van der Waals surface area contributed by atoms with Gasteiger partial charge in [-0.1, -0.05) is 72.3 Å². The summed E-state index contributed by atoms with van der Waals surface area (Å²) >= 11 is 0. The monoisotopic (exact) mass is 379 g/mol. The van der Waals surface area contributed by atoms with Crippen molar-refractivity contribution in [3.05, 3.63) is 101 Å². The fraction of sp³-hybridized carbons (Fsp3) is 0.259. The minimum atomic E-state index is 0.652. The van der Waals surface area contributed by atoms with E-state index >= 15 is 0 Å². The van der Waals surface area contributed by atoms with Gasteiger partial charge in [0.15, 0.2) is 0 Å². The first kappa shape index (κ1) is 17.1. The van der Waals surface area contributed by atoms with Crippen LogP contribution < -0.4 is 4.74 Å². The summed E-state index contributed by atoms with van der Waals surface area (Å²) in [6.07, 6.45) is 4.96. The van der Waals surface area contributed by atoms with E-state index in [1.165, 1.54) is 47.9 Å². The van der Waals surface area contributed by atoms with Gasteiger partial charge in [0.2, 0.25) is 0 Å². The van der Waals surface area contributed by atoms with Crippen LogP contribution in [0.25, 0.3) is 5.57 Å². The van der Waals surface area contributed by atoms with E-state index in [1.54, 1.807) is 5.57 Å². The van der Waals surface area contributed by atoms with Gasteiger partial charge in [0.25, 0.3) is 0 Å². The highest BCUT2D eigenvalue weighted by molar-refractivity contribution is 5.89. The molecule has 0 aliphatic carbocycles. The third-order valence-corrected chi connectivity index (χ3v) is 6.83. The summed E-state index contributed by atoms with van der Waals surface area (Å²) in [5, 5.41) is 0. The normalized spacial score (nSPS) is 22.8. The van der Waals surface area contributed by atoms with E-state index in [0.29, 0.717) is 12.1 Å². The molecule has 0 radical (unpaired) electrons. The number of hydrogen-bond acceptors (Lipinski definition) is 2. The Kier molecular flexibility index (Phi) is 4.05.